The minimum Gasteiger partial charge on any atom is -0.377 e. The van der Waals surface area contributed by atoms with Crippen LogP contribution in [-0.4, -0.2) is 65.5 Å². The van der Waals surface area contributed by atoms with Crippen molar-refractivity contribution in [3.8, 4) is 0 Å². The molecule has 4 bridgehead atoms. The van der Waals surface area contributed by atoms with E-state index in [1.807, 2.05) is 0 Å². The van der Waals surface area contributed by atoms with Crippen LogP contribution in [0.5, 0.6) is 0 Å². The summed E-state index contributed by atoms with van der Waals surface area (Å²) in [6.07, 6.45) is 4.52. The monoisotopic (exact) mass is 337 g/mol. The highest BCUT2D eigenvalue weighted by Gasteiger charge is 2.42. The van der Waals surface area contributed by atoms with Crippen molar-refractivity contribution in [2.24, 2.45) is 0 Å². The molecule has 4 fully saturated rings. The van der Waals surface area contributed by atoms with Gasteiger partial charge in [-0.1, -0.05) is 0 Å². The second-order valence-electron chi connectivity index (χ2n) is 6.86. The van der Waals surface area contributed by atoms with Gasteiger partial charge in [0.15, 0.2) is 0 Å². The maximum Gasteiger partial charge on any atom is 0.232 e. The van der Waals surface area contributed by atoms with E-state index >= 15 is 0 Å². The number of rotatable bonds is 2. The van der Waals surface area contributed by atoms with E-state index in [0.717, 1.165) is 52.1 Å². The van der Waals surface area contributed by atoms with Crippen LogP contribution in [0.3, 0.4) is 0 Å². The van der Waals surface area contributed by atoms with Crippen molar-refractivity contribution >= 4 is 23.5 Å². The van der Waals surface area contributed by atoms with E-state index in [1.165, 1.54) is 0 Å². The van der Waals surface area contributed by atoms with Crippen LogP contribution >= 0.6 is 11.6 Å². The molecule has 23 heavy (non-hydrogen) atoms. The molecule has 0 aromatic carbocycles. The summed E-state index contributed by atoms with van der Waals surface area (Å²) < 4.78 is 11.3. The lowest BCUT2D eigenvalue weighted by atomic mass is 10.2. The Morgan fingerprint density at radius 3 is 1.48 bits per heavy atom. The van der Waals surface area contributed by atoms with Crippen LogP contribution < -0.4 is 9.80 Å². The van der Waals surface area contributed by atoms with E-state index in [0.29, 0.717) is 36.1 Å². The number of nitrogens with zero attached hydrogens (tertiary/aromatic N) is 5. The molecule has 4 saturated heterocycles. The van der Waals surface area contributed by atoms with Gasteiger partial charge in [0.05, 0.1) is 50.6 Å². The Labute approximate surface area is 139 Å². The number of hydrogen-bond donors (Lipinski definition) is 0. The van der Waals surface area contributed by atoms with Gasteiger partial charge in [-0.3, -0.25) is 0 Å². The topological polar surface area (TPSA) is 63.6 Å². The highest BCUT2D eigenvalue weighted by Crippen LogP contribution is 2.36. The lowest BCUT2D eigenvalue weighted by Crippen LogP contribution is -2.48. The van der Waals surface area contributed by atoms with Gasteiger partial charge in [0, 0.05) is 0 Å². The molecule has 5 heterocycles. The summed E-state index contributed by atoms with van der Waals surface area (Å²) in [4.78, 5) is 18.2. The molecule has 4 aliphatic rings. The normalized spacial score (nSPS) is 35.9. The van der Waals surface area contributed by atoms with E-state index in [2.05, 4.69) is 19.8 Å². The van der Waals surface area contributed by atoms with Crippen LogP contribution in [0.15, 0.2) is 0 Å². The third kappa shape index (κ3) is 2.28. The average molecular weight is 338 g/mol. The molecular formula is C15H20ClN5O2. The molecule has 0 spiro atoms. The number of ether oxygens (including phenoxy) is 2. The van der Waals surface area contributed by atoms with Gasteiger partial charge in [0.1, 0.15) is 0 Å². The van der Waals surface area contributed by atoms with Crippen molar-refractivity contribution in [2.75, 3.05) is 36.2 Å². The van der Waals surface area contributed by atoms with Gasteiger partial charge >= 0.3 is 0 Å². The summed E-state index contributed by atoms with van der Waals surface area (Å²) >= 11 is 6.24. The molecule has 124 valence electrons. The van der Waals surface area contributed by atoms with Crippen LogP contribution in [0, 0.1) is 0 Å². The van der Waals surface area contributed by atoms with E-state index < -0.39 is 0 Å². The van der Waals surface area contributed by atoms with Gasteiger partial charge in [0.25, 0.3) is 0 Å². The zero-order valence-corrected chi connectivity index (χ0v) is 13.7. The largest absolute Gasteiger partial charge is 0.377 e. The van der Waals surface area contributed by atoms with Crippen LogP contribution in [0.25, 0.3) is 0 Å². The standard InChI is InChI=1S/C15H20ClN5O2/c16-13-17-14(20-9-1-2-10(20)6-22-5-9)19-15(18-13)21-11-3-4-12(21)8-23-7-11/h9-12H,1-8H2. The Balaban J connectivity index is 1.51. The quantitative estimate of drug-likeness (QED) is 0.805. The first kappa shape index (κ1) is 14.2. The van der Waals surface area contributed by atoms with Gasteiger partial charge in [-0.25, -0.2) is 0 Å². The Kier molecular flexibility index (Phi) is 3.35. The fourth-order valence-electron chi connectivity index (χ4n) is 4.47. The Bertz CT molecular complexity index is 537. The minimum absolute atomic E-state index is 0.279. The fourth-order valence-corrected chi connectivity index (χ4v) is 4.62. The van der Waals surface area contributed by atoms with Gasteiger partial charge in [-0.2, -0.15) is 15.0 Å². The van der Waals surface area contributed by atoms with Crippen LogP contribution in [-0.2, 0) is 9.47 Å². The molecule has 0 radical (unpaired) electrons. The van der Waals surface area contributed by atoms with Crippen molar-refractivity contribution in [2.45, 2.75) is 49.9 Å². The molecule has 1 aromatic rings. The lowest BCUT2D eigenvalue weighted by Gasteiger charge is -2.37. The lowest BCUT2D eigenvalue weighted by molar-refractivity contribution is 0.0884. The molecule has 0 saturated carbocycles. The number of anilines is 2. The molecule has 4 unspecified atom stereocenters. The maximum absolute atomic E-state index is 6.24. The zero-order chi connectivity index (χ0) is 15.4. The second kappa shape index (κ2) is 5.43. The fraction of sp³-hybridized carbons (Fsp3) is 0.800. The molecule has 4 aliphatic heterocycles. The first-order valence-corrected chi connectivity index (χ1v) is 8.81. The third-order valence-electron chi connectivity index (χ3n) is 5.53. The summed E-state index contributed by atoms with van der Waals surface area (Å²) in [5, 5.41) is 0.279. The summed E-state index contributed by atoms with van der Waals surface area (Å²) in [7, 11) is 0. The van der Waals surface area contributed by atoms with Crippen LogP contribution in [0.1, 0.15) is 25.7 Å². The third-order valence-corrected chi connectivity index (χ3v) is 5.70. The Hall–Kier alpha value is -1.18. The first-order chi connectivity index (χ1) is 11.3. The number of fused-ring (bicyclic) bond motifs is 4. The molecule has 0 aliphatic carbocycles. The van der Waals surface area contributed by atoms with Crippen molar-refractivity contribution in [3.05, 3.63) is 5.28 Å². The molecule has 4 atom stereocenters. The van der Waals surface area contributed by atoms with Gasteiger partial charge in [-0.05, 0) is 37.3 Å². The number of aromatic nitrogens is 3. The zero-order valence-electron chi connectivity index (χ0n) is 12.9. The molecule has 5 rings (SSSR count). The highest BCUT2D eigenvalue weighted by atomic mass is 35.5. The van der Waals surface area contributed by atoms with E-state index in [4.69, 9.17) is 26.1 Å². The Morgan fingerprint density at radius 1 is 0.696 bits per heavy atom. The van der Waals surface area contributed by atoms with Crippen molar-refractivity contribution in [3.63, 3.8) is 0 Å². The van der Waals surface area contributed by atoms with Crippen molar-refractivity contribution in [1.82, 2.24) is 15.0 Å². The van der Waals surface area contributed by atoms with E-state index in [1.54, 1.807) is 0 Å². The van der Waals surface area contributed by atoms with Crippen LogP contribution in [0.4, 0.5) is 11.9 Å². The van der Waals surface area contributed by atoms with Crippen molar-refractivity contribution in [1.29, 1.82) is 0 Å². The number of hydrogen-bond acceptors (Lipinski definition) is 7. The summed E-state index contributed by atoms with van der Waals surface area (Å²) in [5.74, 6) is 1.42. The van der Waals surface area contributed by atoms with Crippen LogP contribution in [0.2, 0.25) is 5.28 Å². The highest BCUT2D eigenvalue weighted by molar-refractivity contribution is 6.28. The minimum atomic E-state index is 0.279. The molecular weight excluding hydrogens is 318 g/mol. The molecule has 7 nitrogen and oxygen atoms in total. The summed E-state index contributed by atoms with van der Waals surface area (Å²) in [5.41, 5.74) is 0. The first-order valence-electron chi connectivity index (χ1n) is 8.43. The van der Waals surface area contributed by atoms with E-state index in [-0.39, 0.29) is 5.28 Å². The van der Waals surface area contributed by atoms with Crippen molar-refractivity contribution < 1.29 is 9.47 Å². The molecule has 1 aromatic heterocycles. The maximum atomic E-state index is 6.24. The van der Waals surface area contributed by atoms with Gasteiger partial charge < -0.3 is 19.3 Å². The molecule has 0 amide bonds. The van der Waals surface area contributed by atoms with Gasteiger partial charge in [-0.15, -0.1) is 0 Å². The predicted molar refractivity (Wildman–Crippen MR) is 85.1 cm³/mol. The molecule has 8 heteroatoms. The SMILES string of the molecule is Clc1nc(N2C3CCC2COC3)nc(N2C3CCC2COC3)n1. The smallest absolute Gasteiger partial charge is 0.232 e. The molecule has 0 N–H and O–H groups in total. The van der Waals surface area contributed by atoms with Gasteiger partial charge in [0.2, 0.25) is 17.2 Å². The number of morpholine rings is 2. The van der Waals surface area contributed by atoms with E-state index in [9.17, 15) is 0 Å². The summed E-state index contributed by atoms with van der Waals surface area (Å²) in [6, 6.07) is 1.45. The number of halogens is 1. The summed E-state index contributed by atoms with van der Waals surface area (Å²) in [6.45, 7) is 2.99. The predicted octanol–water partition coefficient (Wildman–Crippen LogP) is 1.26. The average Bonchev–Trinajstić information content (AvgIpc) is 2.95. The second-order valence-corrected chi connectivity index (χ2v) is 7.20. The Morgan fingerprint density at radius 2 is 1.09 bits per heavy atom.